The molecule has 1 N–H and O–H groups in total. The maximum atomic E-state index is 13.4. The molecule has 5 radical (unpaired) electrons. The molecule has 2 bridgehead atoms. The number of hydrogen-bond donors (Lipinski definition) is 1. The van der Waals surface area contributed by atoms with Crippen molar-refractivity contribution in [3.63, 3.8) is 0 Å². The lowest BCUT2D eigenvalue weighted by molar-refractivity contribution is 0.128. The van der Waals surface area contributed by atoms with Gasteiger partial charge in [0.15, 0.2) is 0 Å². The first-order valence-corrected chi connectivity index (χ1v) is 15.0. The zero-order valence-corrected chi connectivity index (χ0v) is 23.3. The molecule has 0 spiro atoms. The number of aromatic hydroxyl groups is 1. The molecule has 2 heterocycles. The van der Waals surface area contributed by atoms with E-state index in [1.165, 1.54) is 5.92 Å². The van der Waals surface area contributed by atoms with Gasteiger partial charge in [-0.3, -0.25) is 0 Å². The van der Waals surface area contributed by atoms with Gasteiger partial charge >= 0.3 is 10.1 Å². The zero-order chi connectivity index (χ0) is 27.0. The molecular weight excluding hydrogens is 580 g/mol. The van der Waals surface area contributed by atoms with E-state index >= 15 is 0 Å². The summed E-state index contributed by atoms with van der Waals surface area (Å²) in [5.74, 6) is 2.39. The minimum absolute atomic E-state index is 0.163. The van der Waals surface area contributed by atoms with Crippen molar-refractivity contribution in [2.24, 2.45) is 0 Å². The highest BCUT2D eigenvalue weighted by Gasteiger charge is 2.53. The van der Waals surface area contributed by atoms with Crippen molar-refractivity contribution in [1.29, 1.82) is 0 Å². The fourth-order valence-corrected chi connectivity index (χ4v) is 6.96. The molecule has 3 atom stereocenters. The van der Waals surface area contributed by atoms with Crippen LogP contribution >= 0.6 is 15.9 Å². The molecule has 1 saturated heterocycles. The van der Waals surface area contributed by atoms with Gasteiger partial charge in [0, 0.05) is 10.9 Å². The number of phenols is 1. The van der Waals surface area contributed by atoms with Gasteiger partial charge in [-0.05, 0) is 109 Å². The predicted molar refractivity (Wildman–Crippen MR) is 153 cm³/mol. The van der Waals surface area contributed by atoms with Gasteiger partial charge in [0.1, 0.15) is 28.6 Å². The van der Waals surface area contributed by atoms with Crippen LogP contribution in [0.4, 0.5) is 0 Å². The lowest BCUT2D eigenvalue weighted by Crippen LogP contribution is -2.35. The van der Waals surface area contributed by atoms with Crippen molar-refractivity contribution in [2.75, 3.05) is 6.61 Å². The second-order valence-electron chi connectivity index (χ2n) is 9.64. The minimum atomic E-state index is -3.99. The van der Waals surface area contributed by atoms with E-state index in [-0.39, 0.29) is 17.9 Å². The van der Waals surface area contributed by atoms with Crippen LogP contribution in [0.15, 0.2) is 77.3 Å². The third-order valence-electron chi connectivity index (χ3n) is 7.12. The Hall–Kier alpha value is -2.81. The first-order valence-electron chi connectivity index (χ1n) is 12.7. The molecule has 199 valence electrons. The summed E-state index contributed by atoms with van der Waals surface area (Å²) in [5.41, 5.74) is 3.49. The Morgan fingerprint density at radius 2 is 1.46 bits per heavy atom. The van der Waals surface area contributed by atoms with Gasteiger partial charge in [-0.1, -0.05) is 40.2 Å². The monoisotopic (exact) mass is 605 g/mol. The third-order valence-corrected chi connectivity index (χ3v) is 9.26. The van der Waals surface area contributed by atoms with Crippen molar-refractivity contribution < 1.29 is 27.2 Å². The molecule has 3 aliphatic rings. The standard InChI is InChI=1S/C31H26BrO6S/c32-23-9-15-26(16-10-23)38-39(34,35)28-19-27-29(21-5-11-24(33)12-6-21)30(31(28)37-27)22-7-13-25(14-8-22)36-18-17-20-3-1-2-4-20/h1-16,27-28,31,33H,17-19H2/t27-,28+,31+/m1/s1. The molecule has 3 aromatic rings. The highest BCUT2D eigenvalue weighted by atomic mass is 79.9. The maximum Gasteiger partial charge on any atom is 0.315 e. The topological polar surface area (TPSA) is 82.1 Å². The normalized spacial score (nSPS) is 22.9. The molecule has 2 fully saturated rings. The van der Waals surface area contributed by atoms with E-state index in [4.69, 9.17) is 13.7 Å². The van der Waals surface area contributed by atoms with Crippen LogP contribution in [-0.2, 0) is 14.9 Å². The second kappa shape index (κ2) is 11.0. The quantitative estimate of drug-likeness (QED) is 0.293. The number of rotatable bonds is 9. The van der Waals surface area contributed by atoms with Crippen LogP contribution in [0, 0.1) is 31.6 Å². The number of halogens is 1. The highest BCUT2D eigenvalue weighted by molar-refractivity contribution is 9.10. The Balaban J connectivity index is 1.28. The van der Waals surface area contributed by atoms with Crippen LogP contribution in [0.25, 0.3) is 11.1 Å². The largest absolute Gasteiger partial charge is 0.508 e. The van der Waals surface area contributed by atoms with Crippen molar-refractivity contribution in [3.8, 4) is 17.2 Å². The molecule has 6 nitrogen and oxygen atoms in total. The molecular formula is C31H26BrO6S. The summed E-state index contributed by atoms with van der Waals surface area (Å²) in [6.45, 7) is 0.562. The Morgan fingerprint density at radius 1 is 0.846 bits per heavy atom. The van der Waals surface area contributed by atoms with E-state index in [9.17, 15) is 13.5 Å². The van der Waals surface area contributed by atoms with Gasteiger partial charge in [-0.15, -0.1) is 0 Å². The van der Waals surface area contributed by atoms with Crippen molar-refractivity contribution in [1.82, 2.24) is 0 Å². The predicted octanol–water partition coefficient (Wildman–Crippen LogP) is 6.19. The van der Waals surface area contributed by atoms with E-state index in [1.54, 1.807) is 36.4 Å². The molecule has 0 unspecified atom stereocenters. The average molecular weight is 607 g/mol. The summed E-state index contributed by atoms with van der Waals surface area (Å²) < 4.78 is 45.4. The van der Waals surface area contributed by atoms with Crippen molar-refractivity contribution in [3.05, 3.63) is 120 Å². The van der Waals surface area contributed by atoms with E-state index in [0.717, 1.165) is 38.9 Å². The van der Waals surface area contributed by atoms with Gasteiger partial charge in [0.2, 0.25) is 0 Å². The van der Waals surface area contributed by atoms with Crippen LogP contribution in [-0.4, -0.2) is 37.6 Å². The van der Waals surface area contributed by atoms with E-state index in [2.05, 4.69) is 28.8 Å². The average Bonchev–Trinajstić information content (AvgIpc) is 3.68. The van der Waals surface area contributed by atoms with Crippen LogP contribution in [0.5, 0.6) is 17.2 Å². The van der Waals surface area contributed by atoms with Crippen LogP contribution in [0.3, 0.4) is 0 Å². The first-order chi connectivity index (χ1) is 18.9. The summed E-state index contributed by atoms with van der Waals surface area (Å²) in [6, 6.07) is 21.3. The number of phenolic OH excluding ortho intramolecular Hbond substituents is 1. The van der Waals surface area contributed by atoms with E-state index < -0.39 is 27.6 Å². The second-order valence-corrected chi connectivity index (χ2v) is 12.3. The van der Waals surface area contributed by atoms with Gasteiger partial charge < -0.3 is 18.8 Å². The summed E-state index contributed by atoms with van der Waals surface area (Å²) in [4.78, 5) is 0. The number of ether oxygens (including phenoxy) is 2. The Bertz CT molecular complexity index is 1440. The van der Waals surface area contributed by atoms with Gasteiger partial charge in [-0.25, -0.2) is 0 Å². The van der Waals surface area contributed by atoms with Gasteiger partial charge in [0.05, 0.1) is 12.7 Å². The summed E-state index contributed by atoms with van der Waals surface area (Å²) in [5, 5.41) is 8.96. The molecule has 1 aliphatic carbocycles. The summed E-state index contributed by atoms with van der Waals surface area (Å²) in [7, 11) is -3.99. The smallest absolute Gasteiger partial charge is 0.315 e. The molecule has 39 heavy (non-hydrogen) atoms. The Morgan fingerprint density at radius 3 is 2.15 bits per heavy atom. The molecule has 2 aliphatic heterocycles. The van der Waals surface area contributed by atoms with Gasteiger partial charge in [0.25, 0.3) is 0 Å². The summed E-state index contributed by atoms with van der Waals surface area (Å²) >= 11 is 3.36. The SMILES string of the molecule is O=S(=O)(Oc1ccc(Br)cc1)[C@H]1C[C@H]2O[C@@H]1C(c1ccc(OCC[C]3[CH][CH][CH][CH]3)cc1)=C2c1ccc(O)cc1. The Labute approximate surface area is 237 Å². The van der Waals surface area contributed by atoms with Gasteiger partial charge in [-0.2, -0.15) is 8.42 Å². The molecule has 6 rings (SSSR count). The van der Waals surface area contributed by atoms with Crippen LogP contribution in [0.1, 0.15) is 24.0 Å². The minimum Gasteiger partial charge on any atom is -0.508 e. The number of fused-ring (bicyclic) bond motifs is 2. The maximum absolute atomic E-state index is 13.4. The number of hydrogen-bond acceptors (Lipinski definition) is 6. The van der Waals surface area contributed by atoms with Crippen LogP contribution in [0.2, 0.25) is 0 Å². The molecule has 0 amide bonds. The highest BCUT2D eigenvalue weighted by Crippen LogP contribution is 2.51. The zero-order valence-electron chi connectivity index (χ0n) is 20.9. The number of benzene rings is 3. The molecule has 1 saturated carbocycles. The van der Waals surface area contributed by atoms with E-state index in [0.29, 0.717) is 6.61 Å². The van der Waals surface area contributed by atoms with Crippen LogP contribution < -0.4 is 8.92 Å². The molecule has 3 aromatic carbocycles. The van der Waals surface area contributed by atoms with Crippen molar-refractivity contribution in [2.45, 2.75) is 30.3 Å². The molecule has 8 heteroatoms. The first kappa shape index (κ1) is 26.4. The molecule has 0 aromatic heterocycles. The lowest BCUT2D eigenvalue weighted by Gasteiger charge is -2.25. The van der Waals surface area contributed by atoms with Crippen molar-refractivity contribution >= 4 is 37.2 Å². The van der Waals surface area contributed by atoms with E-state index in [1.807, 2.05) is 49.2 Å². The fraction of sp³-hybridized carbons (Fsp3) is 0.194. The summed E-state index contributed by atoms with van der Waals surface area (Å²) in [6.07, 6.45) is 8.17. The third kappa shape index (κ3) is 5.60. The lowest BCUT2D eigenvalue weighted by atomic mass is 9.83. The Kier molecular flexibility index (Phi) is 7.44. The fourth-order valence-electron chi connectivity index (χ4n) is 5.28.